The topological polar surface area (TPSA) is 74.2 Å². The third-order valence-corrected chi connectivity index (χ3v) is 2.90. The molecule has 0 spiro atoms. The van der Waals surface area contributed by atoms with Gasteiger partial charge in [-0.1, -0.05) is 18.2 Å². The molecule has 5 nitrogen and oxygen atoms in total. The molecule has 0 unspecified atom stereocenters. The van der Waals surface area contributed by atoms with Crippen molar-refractivity contribution in [3.05, 3.63) is 48.5 Å². The van der Waals surface area contributed by atoms with Crippen LogP contribution >= 0.6 is 0 Å². The van der Waals surface area contributed by atoms with Gasteiger partial charge in [-0.25, -0.2) is 0 Å². The zero-order valence-corrected chi connectivity index (χ0v) is 10.9. The molecule has 5 heteroatoms. The van der Waals surface area contributed by atoms with Gasteiger partial charge < -0.3 is 14.9 Å². The van der Waals surface area contributed by atoms with Crippen LogP contribution in [0.2, 0.25) is 0 Å². The van der Waals surface area contributed by atoms with Crippen molar-refractivity contribution in [2.75, 3.05) is 12.8 Å². The second-order valence-corrected chi connectivity index (χ2v) is 4.24. The first-order valence-electron chi connectivity index (χ1n) is 6.11. The third-order valence-electron chi connectivity index (χ3n) is 2.90. The molecule has 0 amide bonds. The van der Waals surface area contributed by atoms with Crippen LogP contribution in [0.15, 0.2) is 52.9 Å². The molecule has 20 heavy (non-hydrogen) atoms. The largest absolute Gasteiger partial charge is 0.496 e. The summed E-state index contributed by atoms with van der Waals surface area (Å²) in [5.74, 6) is 1.48. The van der Waals surface area contributed by atoms with E-state index in [1.807, 2.05) is 30.3 Å². The van der Waals surface area contributed by atoms with Crippen LogP contribution in [-0.4, -0.2) is 17.3 Å². The van der Waals surface area contributed by atoms with Crippen molar-refractivity contribution in [2.45, 2.75) is 0 Å². The predicted molar refractivity (Wildman–Crippen MR) is 76.1 cm³/mol. The maximum Gasteiger partial charge on any atom is 0.251 e. The van der Waals surface area contributed by atoms with Crippen LogP contribution in [-0.2, 0) is 0 Å². The van der Waals surface area contributed by atoms with Gasteiger partial charge in [0, 0.05) is 17.3 Å². The van der Waals surface area contributed by atoms with Crippen molar-refractivity contribution in [1.82, 2.24) is 10.2 Å². The summed E-state index contributed by atoms with van der Waals surface area (Å²) >= 11 is 0. The fourth-order valence-corrected chi connectivity index (χ4v) is 1.91. The lowest BCUT2D eigenvalue weighted by molar-refractivity contribution is 0.414. The van der Waals surface area contributed by atoms with Crippen molar-refractivity contribution < 1.29 is 9.15 Å². The van der Waals surface area contributed by atoms with Crippen LogP contribution in [0, 0.1) is 0 Å². The van der Waals surface area contributed by atoms with Gasteiger partial charge in [-0.15, -0.1) is 10.2 Å². The molecule has 1 aromatic heterocycles. The van der Waals surface area contributed by atoms with E-state index in [9.17, 15) is 0 Å². The van der Waals surface area contributed by atoms with E-state index >= 15 is 0 Å². The first kappa shape index (κ1) is 12.2. The molecule has 100 valence electrons. The summed E-state index contributed by atoms with van der Waals surface area (Å²) in [6.07, 6.45) is 0. The van der Waals surface area contributed by atoms with Crippen LogP contribution in [0.3, 0.4) is 0 Å². The standard InChI is InChI=1S/C15H13N3O2/c1-19-13-9-11(16)7-8-12(13)15-18-17-14(20-15)10-5-3-2-4-6-10/h2-9H,16H2,1H3. The minimum atomic E-state index is 0.403. The van der Waals surface area contributed by atoms with Gasteiger partial charge in [0.25, 0.3) is 5.89 Å². The molecule has 0 aliphatic rings. The summed E-state index contributed by atoms with van der Waals surface area (Å²) in [6, 6.07) is 14.9. The molecule has 0 radical (unpaired) electrons. The van der Waals surface area contributed by atoms with Gasteiger partial charge in [0.1, 0.15) is 5.75 Å². The van der Waals surface area contributed by atoms with Crippen molar-refractivity contribution in [3.8, 4) is 28.7 Å². The Morgan fingerprint density at radius 2 is 1.75 bits per heavy atom. The monoisotopic (exact) mass is 267 g/mol. The minimum absolute atomic E-state index is 0.403. The Kier molecular flexibility index (Phi) is 3.09. The Hall–Kier alpha value is -2.82. The zero-order valence-electron chi connectivity index (χ0n) is 10.9. The van der Waals surface area contributed by atoms with Crippen LogP contribution in [0.5, 0.6) is 5.75 Å². The van der Waals surface area contributed by atoms with E-state index in [0.717, 1.165) is 11.1 Å². The molecule has 0 saturated carbocycles. The van der Waals surface area contributed by atoms with Gasteiger partial charge in [-0.05, 0) is 24.3 Å². The van der Waals surface area contributed by atoms with Gasteiger partial charge in [-0.3, -0.25) is 0 Å². The molecule has 1 heterocycles. The Morgan fingerprint density at radius 3 is 2.50 bits per heavy atom. The number of nitrogen functional groups attached to an aromatic ring is 1. The van der Waals surface area contributed by atoms with Gasteiger partial charge in [0.05, 0.1) is 12.7 Å². The molecule has 0 aliphatic heterocycles. The summed E-state index contributed by atoms with van der Waals surface area (Å²) in [4.78, 5) is 0. The fraction of sp³-hybridized carbons (Fsp3) is 0.0667. The maximum absolute atomic E-state index is 5.73. The molecule has 2 aromatic carbocycles. The highest BCUT2D eigenvalue weighted by molar-refractivity contribution is 5.67. The highest BCUT2D eigenvalue weighted by atomic mass is 16.5. The number of ether oxygens (including phenoxy) is 1. The van der Waals surface area contributed by atoms with E-state index in [2.05, 4.69) is 10.2 Å². The van der Waals surface area contributed by atoms with Crippen LogP contribution < -0.4 is 10.5 Å². The van der Waals surface area contributed by atoms with E-state index in [1.165, 1.54) is 0 Å². The number of anilines is 1. The second kappa shape index (κ2) is 5.05. The van der Waals surface area contributed by atoms with Crippen molar-refractivity contribution in [3.63, 3.8) is 0 Å². The molecule has 0 aliphatic carbocycles. The summed E-state index contributed by atoms with van der Waals surface area (Å²) in [7, 11) is 1.58. The summed E-state index contributed by atoms with van der Waals surface area (Å²) < 4.78 is 11.0. The second-order valence-electron chi connectivity index (χ2n) is 4.24. The van der Waals surface area contributed by atoms with Crippen molar-refractivity contribution >= 4 is 5.69 Å². The zero-order chi connectivity index (χ0) is 13.9. The Labute approximate surface area is 116 Å². The van der Waals surface area contributed by atoms with Gasteiger partial charge in [0.15, 0.2) is 0 Å². The molecule has 0 fully saturated rings. The SMILES string of the molecule is COc1cc(N)ccc1-c1nnc(-c2ccccc2)o1. The van der Waals surface area contributed by atoms with Crippen molar-refractivity contribution in [2.24, 2.45) is 0 Å². The molecule has 0 saturated heterocycles. The number of nitrogens with two attached hydrogens (primary N) is 1. The number of rotatable bonds is 3. The summed E-state index contributed by atoms with van der Waals surface area (Å²) in [6.45, 7) is 0. The van der Waals surface area contributed by atoms with Gasteiger partial charge in [-0.2, -0.15) is 0 Å². The summed E-state index contributed by atoms with van der Waals surface area (Å²) in [5.41, 5.74) is 7.94. The maximum atomic E-state index is 5.73. The lowest BCUT2D eigenvalue weighted by Crippen LogP contribution is -1.91. The van der Waals surface area contributed by atoms with Gasteiger partial charge in [0.2, 0.25) is 5.89 Å². The summed E-state index contributed by atoms with van der Waals surface area (Å²) in [5, 5.41) is 8.12. The Bertz CT molecular complexity index is 723. The lowest BCUT2D eigenvalue weighted by Gasteiger charge is -2.05. The number of hydrogen-bond donors (Lipinski definition) is 1. The molecular formula is C15H13N3O2. The van der Waals surface area contributed by atoms with E-state index in [1.54, 1.807) is 25.3 Å². The fourth-order valence-electron chi connectivity index (χ4n) is 1.91. The number of benzene rings is 2. The van der Waals surface area contributed by atoms with Crippen LogP contribution in [0.1, 0.15) is 0 Å². The molecule has 3 rings (SSSR count). The third kappa shape index (κ3) is 2.21. The highest BCUT2D eigenvalue weighted by Gasteiger charge is 2.14. The normalized spacial score (nSPS) is 10.4. The van der Waals surface area contributed by atoms with E-state index < -0.39 is 0 Å². The Balaban J connectivity index is 2.02. The van der Waals surface area contributed by atoms with E-state index in [4.69, 9.17) is 14.9 Å². The average molecular weight is 267 g/mol. The van der Waals surface area contributed by atoms with E-state index in [-0.39, 0.29) is 0 Å². The van der Waals surface area contributed by atoms with Crippen LogP contribution in [0.4, 0.5) is 5.69 Å². The van der Waals surface area contributed by atoms with E-state index in [0.29, 0.717) is 23.2 Å². The first-order chi connectivity index (χ1) is 9.78. The predicted octanol–water partition coefficient (Wildman–Crippen LogP) is 2.99. The van der Waals surface area contributed by atoms with Crippen LogP contribution in [0.25, 0.3) is 22.9 Å². The molecular weight excluding hydrogens is 254 g/mol. The molecule has 2 N–H and O–H groups in total. The van der Waals surface area contributed by atoms with Gasteiger partial charge >= 0.3 is 0 Å². The molecule has 0 atom stereocenters. The molecule has 3 aromatic rings. The Morgan fingerprint density at radius 1 is 1.00 bits per heavy atom. The first-order valence-corrected chi connectivity index (χ1v) is 6.11. The van der Waals surface area contributed by atoms with Crippen molar-refractivity contribution in [1.29, 1.82) is 0 Å². The quantitative estimate of drug-likeness (QED) is 0.738. The number of nitrogens with zero attached hydrogens (tertiary/aromatic N) is 2. The highest BCUT2D eigenvalue weighted by Crippen LogP contribution is 2.32. The number of methoxy groups -OCH3 is 1. The lowest BCUT2D eigenvalue weighted by atomic mass is 10.2. The minimum Gasteiger partial charge on any atom is -0.496 e. The smallest absolute Gasteiger partial charge is 0.251 e. The number of aromatic nitrogens is 2. The molecule has 0 bridgehead atoms. The number of hydrogen-bond acceptors (Lipinski definition) is 5. The average Bonchev–Trinajstić information content (AvgIpc) is 2.97.